The quantitative estimate of drug-likeness (QED) is 0.519. The van der Waals surface area contributed by atoms with Crippen LogP contribution >= 0.6 is 11.8 Å². The molecule has 1 aromatic carbocycles. The standard InChI is InChI=1S/C20H26F3N5S/c1-14-24-25-19(26(14)2)29-11-3-9-27-12-15-8-10-28(18(15)13-27)17-6-4-16(5-7-17)20(21,22)23/h4-7,15,18H,3,8-13H2,1-2H3. The Labute approximate surface area is 173 Å². The van der Waals surface area contributed by atoms with Crippen LogP contribution in [0.2, 0.25) is 0 Å². The highest BCUT2D eigenvalue weighted by atomic mass is 32.2. The fourth-order valence-electron chi connectivity index (χ4n) is 4.36. The minimum absolute atomic E-state index is 0.403. The average molecular weight is 426 g/mol. The number of hydrogen-bond donors (Lipinski definition) is 0. The number of aromatic nitrogens is 3. The first-order valence-corrected chi connectivity index (χ1v) is 11.0. The number of rotatable bonds is 6. The highest BCUT2D eigenvalue weighted by Gasteiger charge is 2.41. The van der Waals surface area contributed by atoms with Crippen molar-refractivity contribution in [2.45, 2.75) is 37.1 Å². The molecule has 0 amide bonds. The van der Waals surface area contributed by atoms with Crippen molar-refractivity contribution in [3.05, 3.63) is 35.7 Å². The van der Waals surface area contributed by atoms with Gasteiger partial charge in [0.05, 0.1) is 5.56 Å². The molecule has 1 aromatic heterocycles. The van der Waals surface area contributed by atoms with Crippen LogP contribution in [-0.4, -0.2) is 57.6 Å². The second-order valence-electron chi connectivity index (χ2n) is 7.90. The fourth-order valence-corrected chi connectivity index (χ4v) is 5.24. The van der Waals surface area contributed by atoms with E-state index in [1.807, 2.05) is 18.5 Å². The number of halogens is 3. The third-order valence-electron chi connectivity index (χ3n) is 6.05. The molecule has 4 rings (SSSR count). The molecule has 0 aliphatic carbocycles. The van der Waals surface area contributed by atoms with Gasteiger partial charge < -0.3 is 14.4 Å². The zero-order valence-electron chi connectivity index (χ0n) is 16.7. The first-order valence-electron chi connectivity index (χ1n) is 9.98. The van der Waals surface area contributed by atoms with Crippen LogP contribution in [0.15, 0.2) is 29.4 Å². The van der Waals surface area contributed by atoms with E-state index in [-0.39, 0.29) is 0 Å². The van der Waals surface area contributed by atoms with Crippen molar-refractivity contribution < 1.29 is 13.2 Å². The molecule has 2 fully saturated rings. The van der Waals surface area contributed by atoms with E-state index < -0.39 is 11.7 Å². The first kappa shape index (κ1) is 20.5. The second kappa shape index (κ2) is 8.18. The molecule has 2 unspecified atom stereocenters. The third-order valence-corrected chi connectivity index (χ3v) is 7.16. The van der Waals surface area contributed by atoms with Gasteiger partial charge >= 0.3 is 6.18 Å². The molecule has 3 heterocycles. The molecule has 0 radical (unpaired) electrons. The Hall–Kier alpha value is -1.74. The van der Waals surface area contributed by atoms with Gasteiger partial charge in [0.2, 0.25) is 0 Å². The summed E-state index contributed by atoms with van der Waals surface area (Å²) in [6.07, 6.45) is -2.09. The number of nitrogens with zero attached hydrogens (tertiary/aromatic N) is 5. The lowest BCUT2D eigenvalue weighted by Gasteiger charge is -2.27. The van der Waals surface area contributed by atoms with Gasteiger partial charge in [-0.3, -0.25) is 0 Å². The maximum Gasteiger partial charge on any atom is 0.416 e. The molecule has 5 nitrogen and oxygen atoms in total. The maximum absolute atomic E-state index is 12.8. The molecule has 0 saturated carbocycles. The van der Waals surface area contributed by atoms with Crippen molar-refractivity contribution in [1.82, 2.24) is 19.7 Å². The molecule has 0 bridgehead atoms. The molecule has 2 aliphatic rings. The molecule has 2 aliphatic heterocycles. The average Bonchev–Trinajstić information content (AvgIpc) is 3.34. The van der Waals surface area contributed by atoms with Gasteiger partial charge in [-0.1, -0.05) is 11.8 Å². The molecule has 2 saturated heterocycles. The lowest BCUT2D eigenvalue weighted by atomic mass is 10.0. The van der Waals surface area contributed by atoms with E-state index >= 15 is 0 Å². The largest absolute Gasteiger partial charge is 0.416 e. The number of alkyl halides is 3. The lowest BCUT2D eigenvalue weighted by Crippen LogP contribution is -2.35. The van der Waals surface area contributed by atoms with Crippen LogP contribution in [-0.2, 0) is 13.2 Å². The summed E-state index contributed by atoms with van der Waals surface area (Å²) < 4.78 is 40.4. The molecule has 0 N–H and O–H groups in total. The third kappa shape index (κ3) is 4.40. The summed E-state index contributed by atoms with van der Waals surface area (Å²) in [5.74, 6) is 2.52. The van der Waals surface area contributed by atoms with Gasteiger partial charge in [-0.2, -0.15) is 13.2 Å². The molecular weight excluding hydrogens is 399 g/mol. The molecule has 29 heavy (non-hydrogen) atoms. The highest BCUT2D eigenvalue weighted by Crippen LogP contribution is 2.37. The fraction of sp³-hybridized carbons (Fsp3) is 0.600. The first-order chi connectivity index (χ1) is 13.8. The van der Waals surface area contributed by atoms with Crippen molar-refractivity contribution in [3.8, 4) is 0 Å². The molecule has 158 valence electrons. The van der Waals surface area contributed by atoms with Crippen LogP contribution < -0.4 is 4.90 Å². The predicted octanol–water partition coefficient (Wildman–Crippen LogP) is 3.84. The molecular formula is C20H26F3N5S. The van der Waals surface area contributed by atoms with Crippen molar-refractivity contribution in [3.63, 3.8) is 0 Å². The van der Waals surface area contributed by atoms with Gasteiger partial charge in [-0.15, -0.1) is 10.2 Å². The highest BCUT2D eigenvalue weighted by molar-refractivity contribution is 7.99. The second-order valence-corrected chi connectivity index (χ2v) is 8.97. The van der Waals surface area contributed by atoms with Crippen LogP contribution in [0.3, 0.4) is 0 Å². The van der Waals surface area contributed by atoms with Crippen LogP contribution in [0.1, 0.15) is 24.2 Å². The number of thioether (sulfide) groups is 1. The van der Waals surface area contributed by atoms with E-state index in [1.54, 1.807) is 23.9 Å². The topological polar surface area (TPSA) is 37.2 Å². The molecule has 2 atom stereocenters. The van der Waals surface area contributed by atoms with Crippen molar-refractivity contribution in [2.75, 3.05) is 36.8 Å². The van der Waals surface area contributed by atoms with E-state index in [9.17, 15) is 13.2 Å². The number of aryl methyl sites for hydroxylation is 1. The Morgan fingerprint density at radius 1 is 1.14 bits per heavy atom. The minimum Gasteiger partial charge on any atom is -0.367 e. The van der Waals surface area contributed by atoms with Crippen LogP contribution in [0.5, 0.6) is 0 Å². The summed E-state index contributed by atoms with van der Waals surface area (Å²) in [6.45, 7) is 5.98. The molecule has 9 heteroatoms. The van der Waals surface area contributed by atoms with Crippen molar-refractivity contribution in [1.29, 1.82) is 0 Å². The summed E-state index contributed by atoms with van der Waals surface area (Å²) in [5.41, 5.74) is 0.321. The Kier molecular flexibility index (Phi) is 5.79. The number of hydrogen-bond acceptors (Lipinski definition) is 5. The van der Waals surface area contributed by atoms with E-state index in [0.29, 0.717) is 12.0 Å². The SMILES string of the molecule is Cc1nnc(SCCCN2CC3CCN(c4ccc(C(F)(F)F)cc4)C3C2)n1C. The number of fused-ring (bicyclic) bond motifs is 1. The molecule has 2 aromatic rings. The van der Waals surface area contributed by atoms with Crippen molar-refractivity contribution in [2.24, 2.45) is 13.0 Å². The zero-order valence-corrected chi connectivity index (χ0v) is 17.5. The normalized spacial score (nSPS) is 22.4. The minimum atomic E-state index is -4.28. The van der Waals surface area contributed by atoms with Gasteiger partial charge in [-0.05, 0) is 56.5 Å². The lowest BCUT2D eigenvalue weighted by molar-refractivity contribution is -0.137. The van der Waals surface area contributed by atoms with Gasteiger partial charge in [0.25, 0.3) is 0 Å². The van der Waals surface area contributed by atoms with E-state index in [2.05, 4.69) is 20.0 Å². The van der Waals surface area contributed by atoms with Crippen LogP contribution in [0, 0.1) is 12.8 Å². The summed E-state index contributed by atoms with van der Waals surface area (Å²) in [6, 6.07) is 6.03. The summed E-state index contributed by atoms with van der Waals surface area (Å²) >= 11 is 1.73. The molecule has 0 spiro atoms. The number of likely N-dealkylation sites (tertiary alicyclic amines) is 1. The monoisotopic (exact) mass is 425 g/mol. The zero-order chi connectivity index (χ0) is 20.6. The van der Waals surface area contributed by atoms with Crippen LogP contribution in [0.4, 0.5) is 18.9 Å². The Balaban J connectivity index is 1.28. The van der Waals surface area contributed by atoms with Crippen LogP contribution in [0.25, 0.3) is 0 Å². The predicted molar refractivity (Wildman–Crippen MR) is 108 cm³/mol. The number of benzene rings is 1. The van der Waals surface area contributed by atoms with Gasteiger partial charge in [0.1, 0.15) is 5.82 Å². The van der Waals surface area contributed by atoms with E-state index in [0.717, 1.165) is 61.4 Å². The van der Waals surface area contributed by atoms with Crippen molar-refractivity contribution >= 4 is 17.4 Å². The smallest absolute Gasteiger partial charge is 0.367 e. The Morgan fingerprint density at radius 3 is 2.55 bits per heavy atom. The van der Waals surface area contributed by atoms with Gasteiger partial charge in [0.15, 0.2) is 5.16 Å². The summed E-state index contributed by atoms with van der Waals surface area (Å²) in [4.78, 5) is 4.79. The Morgan fingerprint density at radius 2 is 1.90 bits per heavy atom. The Bertz CT molecular complexity index is 836. The van der Waals surface area contributed by atoms with E-state index in [4.69, 9.17) is 0 Å². The van der Waals surface area contributed by atoms with Gasteiger partial charge in [-0.25, -0.2) is 0 Å². The van der Waals surface area contributed by atoms with E-state index in [1.165, 1.54) is 12.1 Å². The van der Waals surface area contributed by atoms with Gasteiger partial charge in [0, 0.05) is 44.2 Å². The summed E-state index contributed by atoms with van der Waals surface area (Å²) in [5, 5.41) is 9.21. The maximum atomic E-state index is 12.8. The number of anilines is 1. The summed E-state index contributed by atoms with van der Waals surface area (Å²) in [7, 11) is 1.98.